The predicted octanol–water partition coefficient (Wildman–Crippen LogP) is 4.28. The minimum absolute atomic E-state index is 0.0537. The number of phenolic OH excluding ortho intramolecular Hbond substituents is 1. The van der Waals surface area contributed by atoms with Gasteiger partial charge in [0, 0.05) is 5.56 Å². The summed E-state index contributed by atoms with van der Waals surface area (Å²) in [6.07, 6.45) is 3.49. The summed E-state index contributed by atoms with van der Waals surface area (Å²) in [6.45, 7) is 3.65. The number of hydrogen-bond acceptors (Lipinski definition) is 4. The maximum Gasteiger partial charge on any atom is 0.273 e. The normalized spacial score (nSPS) is 10.6. The van der Waals surface area contributed by atoms with Crippen molar-refractivity contribution in [1.82, 2.24) is 5.43 Å². The van der Waals surface area contributed by atoms with Gasteiger partial charge in [0.25, 0.3) is 11.8 Å². The molecule has 0 fully saturated rings. The number of para-hydroxylation sites is 2. The van der Waals surface area contributed by atoms with E-state index in [0.29, 0.717) is 17.5 Å². The lowest BCUT2D eigenvalue weighted by Crippen LogP contribution is -2.21. The van der Waals surface area contributed by atoms with Crippen molar-refractivity contribution in [2.24, 2.45) is 5.10 Å². The highest BCUT2D eigenvalue weighted by molar-refractivity contribution is 6.09. The predicted molar refractivity (Wildman–Crippen MR) is 118 cm³/mol. The van der Waals surface area contributed by atoms with E-state index in [4.69, 9.17) is 0 Å². The number of hydrogen-bond donors (Lipinski definition) is 3. The molecule has 0 aliphatic heterocycles. The molecule has 31 heavy (non-hydrogen) atoms. The summed E-state index contributed by atoms with van der Waals surface area (Å²) in [4.78, 5) is 25.0. The maximum absolute atomic E-state index is 13.9. The average molecular weight is 417 g/mol. The molecule has 3 rings (SSSR count). The van der Waals surface area contributed by atoms with E-state index in [-0.39, 0.29) is 22.6 Å². The molecule has 0 saturated heterocycles. The molecule has 0 spiro atoms. The van der Waals surface area contributed by atoms with Crippen LogP contribution in [0.4, 0.5) is 10.1 Å². The Labute approximate surface area is 178 Å². The third kappa shape index (κ3) is 5.22. The van der Waals surface area contributed by atoms with Gasteiger partial charge in [-0.3, -0.25) is 9.59 Å². The van der Waals surface area contributed by atoms with Crippen molar-refractivity contribution >= 4 is 23.7 Å². The standard InChI is InChI=1S/C24H20FN3O3/c1-2-8-16-9-7-10-17(22(16)29)15-26-28-24(31)19-12-4-6-14-21(19)27-23(30)18-11-3-5-13-20(18)25/h2-7,9-15,29H,1,8H2,(H,27,30)(H,28,31)/b26-15+. The van der Waals surface area contributed by atoms with Crippen LogP contribution >= 0.6 is 0 Å². The summed E-state index contributed by atoms with van der Waals surface area (Å²) in [5.41, 5.74) is 3.70. The van der Waals surface area contributed by atoms with Crippen LogP contribution in [-0.2, 0) is 6.42 Å². The number of allylic oxidation sites excluding steroid dienone is 1. The van der Waals surface area contributed by atoms with E-state index >= 15 is 0 Å². The first-order valence-electron chi connectivity index (χ1n) is 9.41. The second kappa shape index (κ2) is 9.98. The molecular formula is C24H20FN3O3. The highest BCUT2D eigenvalue weighted by Gasteiger charge is 2.16. The molecule has 156 valence electrons. The van der Waals surface area contributed by atoms with Gasteiger partial charge in [0.2, 0.25) is 0 Å². The molecule has 0 radical (unpaired) electrons. The lowest BCUT2D eigenvalue weighted by atomic mass is 10.1. The fraction of sp³-hybridized carbons (Fsp3) is 0.0417. The first-order chi connectivity index (χ1) is 15.0. The molecule has 3 N–H and O–H groups in total. The second-order valence-corrected chi connectivity index (χ2v) is 6.53. The van der Waals surface area contributed by atoms with Crippen molar-refractivity contribution < 1.29 is 19.1 Å². The largest absolute Gasteiger partial charge is 0.507 e. The first kappa shape index (κ1) is 21.4. The zero-order chi connectivity index (χ0) is 22.2. The molecule has 2 amide bonds. The number of carbonyl (C=O) groups excluding carboxylic acids is 2. The van der Waals surface area contributed by atoms with Gasteiger partial charge in [-0.2, -0.15) is 5.10 Å². The summed E-state index contributed by atoms with van der Waals surface area (Å²) in [7, 11) is 0. The Morgan fingerprint density at radius 3 is 2.42 bits per heavy atom. The number of nitrogens with zero attached hydrogens (tertiary/aromatic N) is 1. The van der Waals surface area contributed by atoms with Crippen molar-refractivity contribution in [1.29, 1.82) is 0 Å². The van der Waals surface area contributed by atoms with Crippen molar-refractivity contribution in [3.63, 3.8) is 0 Å². The Morgan fingerprint density at radius 1 is 0.968 bits per heavy atom. The van der Waals surface area contributed by atoms with Gasteiger partial charge in [-0.05, 0) is 42.3 Å². The number of phenols is 1. The van der Waals surface area contributed by atoms with Crippen molar-refractivity contribution in [3.05, 3.63) is 107 Å². The summed E-state index contributed by atoms with van der Waals surface area (Å²) >= 11 is 0. The number of aromatic hydroxyl groups is 1. The molecule has 0 aliphatic carbocycles. The number of benzene rings is 3. The van der Waals surface area contributed by atoms with Gasteiger partial charge in [-0.25, -0.2) is 9.82 Å². The van der Waals surface area contributed by atoms with Crippen LogP contribution in [0.15, 0.2) is 84.5 Å². The summed E-state index contributed by atoms with van der Waals surface area (Å²) in [5.74, 6) is -1.86. The van der Waals surface area contributed by atoms with Gasteiger partial charge in [-0.15, -0.1) is 6.58 Å². The molecule has 0 aromatic heterocycles. The lowest BCUT2D eigenvalue weighted by Gasteiger charge is -2.10. The van der Waals surface area contributed by atoms with E-state index in [2.05, 4.69) is 22.4 Å². The molecule has 3 aromatic carbocycles. The topological polar surface area (TPSA) is 90.8 Å². The van der Waals surface area contributed by atoms with Crippen LogP contribution < -0.4 is 10.7 Å². The van der Waals surface area contributed by atoms with Gasteiger partial charge in [0.05, 0.1) is 23.0 Å². The lowest BCUT2D eigenvalue weighted by molar-refractivity contribution is 0.0956. The van der Waals surface area contributed by atoms with E-state index in [1.54, 1.807) is 42.5 Å². The number of anilines is 1. The smallest absolute Gasteiger partial charge is 0.273 e. The average Bonchev–Trinajstić information content (AvgIpc) is 2.77. The van der Waals surface area contributed by atoms with Crippen molar-refractivity contribution in [2.45, 2.75) is 6.42 Å². The fourth-order valence-electron chi connectivity index (χ4n) is 2.88. The van der Waals surface area contributed by atoms with Crippen molar-refractivity contribution in [2.75, 3.05) is 5.32 Å². The van der Waals surface area contributed by atoms with Gasteiger partial charge >= 0.3 is 0 Å². The van der Waals surface area contributed by atoms with Crippen molar-refractivity contribution in [3.8, 4) is 5.75 Å². The van der Waals surface area contributed by atoms with Crippen LogP contribution in [0.2, 0.25) is 0 Å². The number of nitrogens with one attached hydrogen (secondary N) is 2. The molecule has 0 heterocycles. The van der Waals surface area contributed by atoms with E-state index in [1.807, 2.05) is 0 Å². The molecular weight excluding hydrogens is 397 g/mol. The monoisotopic (exact) mass is 417 g/mol. The van der Waals surface area contributed by atoms with Gasteiger partial charge < -0.3 is 10.4 Å². The first-order valence-corrected chi connectivity index (χ1v) is 9.41. The second-order valence-electron chi connectivity index (χ2n) is 6.53. The maximum atomic E-state index is 13.9. The third-order valence-corrected chi connectivity index (χ3v) is 4.42. The van der Waals surface area contributed by atoms with Crippen LogP contribution in [0.3, 0.4) is 0 Å². The summed E-state index contributed by atoms with van der Waals surface area (Å²) in [5, 5.41) is 16.7. The quantitative estimate of drug-likeness (QED) is 0.305. The molecule has 0 atom stereocenters. The minimum atomic E-state index is -0.675. The zero-order valence-corrected chi connectivity index (χ0v) is 16.5. The molecule has 0 aliphatic rings. The fourth-order valence-corrected chi connectivity index (χ4v) is 2.88. The molecule has 3 aromatic rings. The Morgan fingerprint density at radius 2 is 1.68 bits per heavy atom. The molecule has 0 bridgehead atoms. The van der Waals surface area contributed by atoms with Crippen LogP contribution in [0.25, 0.3) is 0 Å². The van der Waals surface area contributed by atoms with Crippen LogP contribution in [0.1, 0.15) is 31.8 Å². The zero-order valence-electron chi connectivity index (χ0n) is 16.5. The van der Waals surface area contributed by atoms with E-state index in [1.165, 1.54) is 36.5 Å². The number of hydrazone groups is 1. The van der Waals surface area contributed by atoms with E-state index < -0.39 is 17.6 Å². The van der Waals surface area contributed by atoms with E-state index in [9.17, 15) is 19.1 Å². The molecule has 6 nitrogen and oxygen atoms in total. The van der Waals surface area contributed by atoms with E-state index in [0.717, 1.165) is 0 Å². The van der Waals surface area contributed by atoms with Crippen LogP contribution in [0.5, 0.6) is 5.75 Å². The Bertz CT molecular complexity index is 1160. The molecule has 0 unspecified atom stereocenters. The number of amides is 2. The van der Waals surface area contributed by atoms with Crippen LogP contribution in [-0.4, -0.2) is 23.1 Å². The summed E-state index contributed by atoms with van der Waals surface area (Å²) in [6, 6.07) is 17.0. The van der Waals surface area contributed by atoms with Gasteiger partial charge in [0.1, 0.15) is 11.6 Å². The molecule has 7 heteroatoms. The summed E-state index contributed by atoms with van der Waals surface area (Å²) < 4.78 is 13.9. The minimum Gasteiger partial charge on any atom is -0.507 e. The number of carbonyl (C=O) groups is 2. The Hall–Kier alpha value is -4.26. The number of halogens is 1. The number of rotatable bonds is 7. The highest BCUT2D eigenvalue weighted by atomic mass is 19.1. The Balaban J connectivity index is 1.74. The van der Waals surface area contributed by atoms with Gasteiger partial charge in [0.15, 0.2) is 0 Å². The highest BCUT2D eigenvalue weighted by Crippen LogP contribution is 2.22. The SMILES string of the molecule is C=CCc1cccc(/C=N/NC(=O)c2ccccc2NC(=O)c2ccccc2F)c1O. The van der Waals surface area contributed by atoms with Gasteiger partial charge in [-0.1, -0.05) is 42.5 Å². The third-order valence-electron chi connectivity index (χ3n) is 4.42. The Kier molecular flexibility index (Phi) is 6.90. The molecule has 0 saturated carbocycles. The van der Waals surface area contributed by atoms with Crippen LogP contribution in [0, 0.1) is 5.82 Å².